The third-order valence-corrected chi connectivity index (χ3v) is 6.74. The van der Waals surface area contributed by atoms with Crippen LogP contribution in [0.4, 0.5) is 0 Å². The zero-order valence-electron chi connectivity index (χ0n) is 16.2. The molecule has 1 unspecified atom stereocenters. The highest BCUT2D eigenvalue weighted by molar-refractivity contribution is 7.91. The van der Waals surface area contributed by atoms with E-state index in [1.165, 1.54) is 12.1 Å². The minimum Gasteiger partial charge on any atom is -0.490 e. The number of fused-ring (bicyclic) bond motifs is 1. The third kappa shape index (κ3) is 5.75. The van der Waals surface area contributed by atoms with Gasteiger partial charge in [0.1, 0.15) is 0 Å². The van der Waals surface area contributed by atoms with Crippen LogP contribution in [0, 0.1) is 5.92 Å². The highest BCUT2D eigenvalue weighted by Gasteiger charge is 2.25. The standard InChI is InChI=1S/C19H28N2O5S.ClH/c1-20-13-15-4-2-8-21(14-15)19(22)7-11-27(23,24)16-5-6-17-18(12-16)26-10-3-9-25-17;/h5-6,12,15,20H,2-4,7-11,13-14H2,1H3;1H. The summed E-state index contributed by atoms with van der Waals surface area (Å²) in [6.45, 7) is 3.34. The maximum atomic E-state index is 12.7. The van der Waals surface area contributed by atoms with Crippen LogP contribution in [-0.2, 0) is 14.6 Å². The molecule has 0 aromatic heterocycles. The molecule has 2 aliphatic heterocycles. The van der Waals surface area contributed by atoms with Crippen molar-refractivity contribution in [3.8, 4) is 11.5 Å². The molecule has 1 N–H and O–H groups in total. The lowest BCUT2D eigenvalue weighted by Crippen LogP contribution is -2.42. The van der Waals surface area contributed by atoms with Crippen molar-refractivity contribution in [2.75, 3.05) is 45.6 Å². The van der Waals surface area contributed by atoms with E-state index in [1.54, 1.807) is 11.0 Å². The number of nitrogens with one attached hydrogen (secondary N) is 1. The van der Waals surface area contributed by atoms with E-state index >= 15 is 0 Å². The minimum absolute atomic E-state index is 0. The minimum atomic E-state index is -3.56. The van der Waals surface area contributed by atoms with Crippen molar-refractivity contribution in [2.24, 2.45) is 5.92 Å². The lowest BCUT2D eigenvalue weighted by Gasteiger charge is -2.32. The third-order valence-electron chi connectivity index (χ3n) is 5.03. The highest BCUT2D eigenvalue weighted by Crippen LogP contribution is 2.32. The Labute approximate surface area is 173 Å². The molecule has 7 nitrogen and oxygen atoms in total. The van der Waals surface area contributed by atoms with Crippen LogP contribution >= 0.6 is 12.4 Å². The van der Waals surface area contributed by atoms with Gasteiger partial charge in [-0.3, -0.25) is 4.79 Å². The molecule has 0 bridgehead atoms. The summed E-state index contributed by atoms with van der Waals surface area (Å²) in [5.41, 5.74) is 0. The first-order valence-electron chi connectivity index (χ1n) is 9.54. The van der Waals surface area contributed by atoms with Crippen molar-refractivity contribution < 1.29 is 22.7 Å². The molecule has 1 atom stereocenters. The molecule has 1 aromatic rings. The smallest absolute Gasteiger partial charge is 0.223 e. The van der Waals surface area contributed by atoms with E-state index in [2.05, 4.69) is 5.32 Å². The molecule has 9 heteroatoms. The Morgan fingerprint density at radius 1 is 1.21 bits per heavy atom. The Balaban J connectivity index is 0.00000280. The average Bonchev–Trinajstić information content (AvgIpc) is 2.91. The second kappa shape index (κ2) is 10.3. The van der Waals surface area contributed by atoms with Crippen LogP contribution in [0.2, 0.25) is 0 Å². The Morgan fingerprint density at radius 2 is 1.96 bits per heavy atom. The molecule has 3 rings (SSSR count). The number of rotatable bonds is 6. The van der Waals surface area contributed by atoms with Gasteiger partial charge in [0.2, 0.25) is 5.91 Å². The van der Waals surface area contributed by atoms with Gasteiger partial charge in [0.15, 0.2) is 21.3 Å². The van der Waals surface area contributed by atoms with Crippen molar-refractivity contribution in [3.05, 3.63) is 18.2 Å². The molecule has 1 amide bonds. The van der Waals surface area contributed by atoms with Crippen LogP contribution in [-0.4, -0.2) is 64.9 Å². The van der Waals surface area contributed by atoms with Crippen molar-refractivity contribution in [2.45, 2.75) is 30.6 Å². The van der Waals surface area contributed by atoms with E-state index in [4.69, 9.17) is 9.47 Å². The van der Waals surface area contributed by atoms with Crippen LogP contribution < -0.4 is 14.8 Å². The normalized spacial score (nSPS) is 19.5. The Kier molecular flexibility index (Phi) is 8.39. The van der Waals surface area contributed by atoms with Gasteiger partial charge in [-0.2, -0.15) is 0 Å². The first kappa shape index (κ1) is 22.8. The topological polar surface area (TPSA) is 84.9 Å². The zero-order chi connectivity index (χ0) is 19.3. The summed E-state index contributed by atoms with van der Waals surface area (Å²) in [4.78, 5) is 14.5. The number of benzene rings is 1. The summed E-state index contributed by atoms with van der Waals surface area (Å²) < 4.78 is 36.5. The molecule has 28 heavy (non-hydrogen) atoms. The van der Waals surface area contributed by atoms with Gasteiger partial charge in [0, 0.05) is 32.0 Å². The number of amides is 1. The van der Waals surface area contributed by atoms with Gasteiger partial charge in [-0.1, -0.05) is 0 Å². The summed E-state index contributed by atoms with van der Waals surface area (Å²) in [7, 11) is -1.65. The van der Waals surface area contributed by atoms with Crippen LogP contribution in [0.1, 0.15) is 25.7 Å². The van der Waals surface area contributed by atoms with E-state index in [9.17, 15) is 13.2 Å². The van der Waals surface area contributed by atoms with E-state index in [1.807, 2.05) is 7.05 Å². The SMILES string of the molecule is CNCC1CCCN(C(=O)CCS(=O)(=O)c2ccc3c(c2)OCCCO3)C1.Cl. The van der Waals surface area contributed by atoms with Gasteiger partial charge in [-0.05, 0) is 44.5 Å². The predicted molar refractivity (Wildman–Crippen MR) is 109 cm³/mol. The molecule has 1 saturated heterocycles. The van der Waals surface area contributed by atoms with Crippen LogP contribution in [0.25, 0.3) is 0 Å². The van der Waals surface area contributed by atoms with Gasteiger partial charge in [0.05, 0.1) is 23.9 Å². The number of carbonyl (C=O) groups excluding carboxylic acids is 1. The van der Waals surface area contributed by atoms with Crippen LogP contribution in [0.15, 0.2) is 23.1 Å². The van der Waals surface area contributed by atoms with Gasteiger partial charge < -0.3 is 19.7 Å². The summed E-state index contributed by atoms with van der Waals surface area (Å²) in [5, 5.41) is 3.15. The quantitative estimate of drug-likeness (QED) is 0.738. The molecule has 0 radical (unpaired) electrons. The molecule has 158 valence electrons. The second-order valence-corrected chi connectivity index (χ2v) is 9.24. The molecular formula is C19H29ClN2O5S. The molecule has 0 saturated carbocycles. The number of piperidine rings is 1. The number of sulfone groups is 1. The van der Waals surface area contributed by atoms with Gasteiger partial charge in [0.25, 0.3) is 0 Å². The van der Waals surface area contributed by atoms with E-state index < -0.39 is 9.84 Å². The van der Waals surface area contributed by atoms with Crippen LogP contribution in [0.3, 0.4) is 0 Å². The van der Waals surface area contributed by atoms with Gasteiger partial charge >= 0.3 is 0 Å². The Bertz CT molecular complexity index is 770. The lowest BCUT2D eigenvalue weighted by atomic mass is 9.98. The van der Waals surface area contributed by atoms with Gasteiger partial charge in [-0.25, -0.2) is 8.42 Å². The molecule has 1 fully saturated rings. The zero-order valence-corrected chi connectivity index (χ0v) is 17.8. The summed E-state index contributed by atoms with van der Waals surface area (Å²) in [6.07, 6.45) is 2.83. The first-order chi connectivity index (χ1) is 13.0. The predicted octanol–water partition coefficient (Wildman–Crippen LogP) is 1.89. The number of hydrogen-bond donors (Lipinski definition) is 1. The number of ether oxygens (including phenoxy) is 2. The number of hydrogen-bond acceptors (Lipinski definition) is 6. The largest absolute Gasteiger partial charge is 0.490 e. The molecule has 0 spiro atoms. The monoisotopic (exact) mass is 432 g/mol. The molecule has 0 aliphatic carbocycles. The fourth-order valence-electron chi connectivity index (χ4n) is 3.58. The van der Waals surface area contributed by atoms with Crippen molar-refractivity contribution in [1.29, 1.82) is 0 Å². The lowest BCUT2D eigenvalue weighted by molar-refractivity contribution is -0.132. The number of carbonyl (C=O) groups is 1. The maximum Gasteiger partial charge on any atom is 0.223 e. The van der Waals surface area contributed by atoms with Crippen molar-refractivity contribution >= 4 is 28.2 Å². The second-order valence-electron chi connectivity index (χ2n) is 7.13. The van der Waals surface area contributed by atoms with Gasteiger partial charge in [-0.15, -0.1) is 12.4 Å². The molecule has 1 aromatic carbocycles. The molecule has 2 aliphatic rings. The summed E-state index contributed by atoms with van der Waals surface area (Å²) >= 11 is 0. The van der Waals surface area contributed by atoms with E-state index in [0.717, 1.165) is 25.8 Å². The van der Waals surface area contributed by atoms with Crippen molar-refractivity contribution in [3.63, 3.8) is 0 Å². The summed E-state index contributed by atoms with van der Waals surface area (Å²) in [6, 6.07) is 4.66. The number of halogens is 1. The van der Waals surface area contributed by atoms with E-state index in [0.29, 0.717) is 43.7 Å². The number of likely N-dealkylation sites (tertiary alicyclic amines) is 1. The number of nitrogens with zero attached hydrogens (tertiary/aromatic N) is 1. The molecular weight excluding hydrogens is 404 g/mol. The summed E-state index contributed by atoms with van der Waals surface area (Å²) in [5.74, 6) is 1.16. The first-order valence-corrected chi connectivity index (χ1v) is 11.2. The fourth-order valence-corrected chi connectivity index (χ4v) is 4.82. The van der Waals surface area contributed by atoms with Crippen molar-refractivity contribution in [1.82, 2.24) is 10.2 Å². The Morgan fingerprint density at radius 3 is 2.71 bits per heavy atom. The highest BCUT2D eigenvalue weighted by atomic mass is 35.5. The van der Waals surface area contributed by atoms with E-state index in [-0.39, 0.29) is 35.4 Å². The fraction of sp³-hybridized carbons (Fsp3) is 0.632. The molecule has 2 heterocycles. The average molecular weight is 433 g/mol. The maximum absolute atomic E-state index is 12.7. The Hall–Kier alpha value is -1.51. The van der Waals surface area contributed by atoms with Crippen LogP contribution in [0.5, 0.6) is 11.5 Å².